The molecule has 0 aliphatic carbocycles. The van der Waals surface area contributed by atoms with Crippen LogP contribution in [0.1, 0.15) is 32.8 Å². The second-order valence-corrected chi connectivity index (χ2v) is 12.0. The molecular weight excluding hydrogens is 594 g/mol. The first kappa shape index (κ1) is 31.2. The molecule has 0 heterocycles. The number of carbonyl (C=O) groups is 2. The van der Waals surface area contributed by atoms with Gasteiger partial charge >= 0.3 is 0 Å². The van der Waals surface area contributed by atoms with Crippen molar-refractivity contribution >= 4 is 43.5 Å². The van der Waals surface area contributed by atoms with Crippen molar-refractivity contribution < 1.29 is 22.7 Å². The van der Waals surface area contributed by atoms with Crippen LogP contribution in [0.3, 0.4) is 0 Å². The van der Waals surface area contributed by atoms with Crippen LogP contribution in [-0.2, 0) is 26.0 Å². The molecule has 214 valence electrons. The van der Waals surface area contributed by atoms with Crippen LogP contribution in [0.4, 0.5) is 5.69 Å². The molecule has 3 aromatic rings. The first-order chi connectivity index (χ1) is 19.2. The Morgan fingerprint density at radius 2 is 1.60 bits per heavy atom. The zero-order valence-corrected chi connectivity index (χ0v) is 25.4. The van der Waals surface area contributed by atoms with Gasteiger partial charge in [0.2, 0.25) is 11.8 Å². The van der Waals surface area contributed by atoms with E-state index in [-0.39, 0.29) is 17.3 Å². The number of amides is 2. The van der Waals surface area contributed by atoms with Crippen molar-refractivity contribution in [3.05, 3.63) is 88.9 Å². The molecule has 8 nitrogen and oxygen atoms in total. The fraction of sp³-hybridized carbons (Fsp3) is 0.333. The maximum absolute atomic E-state index is 13.9. The third-order valence-electron chi connectivity index (χ3n) is 6.32. The minimum absolute atomic E-state index is 0.0435. The molecule has 0 saturated carbocycles. The highest BCUT2D eigenvalue weighted by molar-refractivity contribution is 9.10. The molecule has 0 aliphatic rings. The Morgan fingerprint density at radius 1 is 0.950 bits per heavy atom. The monoisotopic (exact) mass is 629 g/mol. The number of nitrogens with zero attached hydrogens (tertiary/aromatic N) is 2. The van der Waals surface area contributed by atoms with Crippen molar-refractivity contribution in [1.82, 2.24) is 10.2 Å². The zero-order valence-electron chi connectivity index (χ0n) is 23.0. The number of halogens is 1. The molecule has 2 amide bonds. The van der Waals surface area contributed by atoms with Crippen molar-refractivity contribution in [3.8, 4) is 5.75 Å². The molecule has 40 heavy (non-hydrogen) atoms. The number of ether oxygens (including phenoxy) is 1. The van der Waals surface area contributed by atoms with Gasteiger partial charge in [-0.25, -0.2) is 8.42 Å². The number of hydrogen-bond acceptors (Lipinski definition) is 5. The van der Waals surface area contributed by atoms with Gasteiger partial charge in [-0.3, -0.25) is 13.9 Å². The first-order valence-corrected chi connectivity index (χ1v) is 15.5. The molecule has 1 unspecified atom stereocenters. The van der Waals surface area contributed by atoms with E-state index in [1.807, 2.05) is 44.2 Å². The van der Waals surface area contributed by atoms with Gasteiger partial charge in [-0.2, -0.15) is 0 Å². The Hall–Kier alpha value is -3.37. The molecule has 3 rings (SSSR count). The Morgan fingerprint density at radius 3 is 2.20 bits per heavy atom. The summed E-state index contributed by atoms with van der Waals surface area (Å²) in [5.74, 6) is -0.180. The number of benzene rings is 3. The second kappa shape index (κ2) is 14.9. The molecule has 3 aromatic carbocycles. The lowest BCUT2D eigenvalue weighted by Gasteiger charge is -2.32. The van der Waals surface area contributed by atoms with Crippen molar-refractivity contribution in [3.63, 3.8) is 0 Å². The summed E-state index contributed by atoms with van der Waals surface area (Å²) in [4.78, 5) is 28.3. The van der Waals surface area contributed by atoms with E-state index < -0.39 is 28.5 Å². The van der Waals surface area contributed by atoms with Gasteiger partial charge in [0.05, 0.1) is 17.2 Å². The molecule has 0 spiro atoms. The summed E-state index contributed by atoms with van der Waals surface area (Å²) in [5, 5.41) is 2.85. The van der Waals surface area contributed by atoms with Gasteiger partial charge in [0.1, 0.15) is 18.3 Å². The Kier molecular flexibility index (Phi) is 11.6. The van der Waals surface area contributed by atoms with E-state index in [4.69, 9.17) is 4.74 Å². The highest BCUT2D eigenvalue weighted by Crippen LogP contribution is 2.27. The van der Waals surface area contributed by atoms with Gasteiger partial charge < -0.3 is 15.0 Å². The van der Waals surface area contributed by atoms with Gasteiger partial charge in [0.15, 0.2) is 0 Å². The van der Waals surface area contributed by atoms with Crippen LogP contribution in [0.15, 0.2) is 88.2 Å². The van der Waals surface area contributed by atoms with E-state index in [0.717, 1.165) is 20.8 Å². The lowest BCUT2D eigenvalue weighted by molar-refractivity contribution is -0.138. The van der Waals surface area contributed by atoms with E-state index in [9.17, 15) is 18.0 Å². The summed E-state index contributed by atoms with van der Waals surface area (Å²) in [6, 6.07) is 21.7. The van der Waals surface area contributed by atoms with Crippen molar-refractivity contribution in [2.75, 3.05) is 30.5 Å². The zero-order chi connectivity index (χ0) is 29.1. The molecular formula is C30H36BrN3O5S. The minimum Gasteiger partial charge on any atom is -0.494 e. The SMILES string of the molecule is CCCNC(=O)C(C)N(CCc1ccccc1)C(=O)CN(c1ccc(OCC)cc1)S(=O)(=O)c1ccc(Br)cc1. The highest BCUT2D eigenvalue weighted by Gasteiger charge is 2.32. The van der Waals surface area contributed by atoms with Crippen LogP contribution < -0.4 is 14.4 Å². The average molecular weight is 631 g/mol. The number of anilines is 1. The molecule has 10 heteroatoms. The third kappa shape index (κ3) is 8.32. The molecule has 0 aliphatic heterocycles. The number of carbonyl (C=O) groups excluding carboxylic acids is 2. The molecule has 1 atom stereocenters. The Labute approximate surface area is 245 Å². The maximum Gasteiger partial charge on any atom is 0.264 e. The molecule has 0 aromatic heterocycles. The van der Waals surface area contributed by atoms with Crippen LogP contribution in [0, 0.1) is 0 Å². The normalized spacial score (nSPS) is 11.9. The van der Waals surface area contributed by atoms with Gasteiger partial charge in [-0.15, -0.1) is 0 Å². The average Bonchev–Trinajstić information content (AvgIpc) is 2.96. The van der Waals surface area contributed by atoms with Crippen LogP contribution in [-0.4, -0.2) is 57.4 Å². The van der Waals surface area contributed by atoms with Crippen LogP contribution in [0.25, 0.3) is 0 Å². The molecule has 0 saturated heterocycles. The molecule has 1 N–H and O–H groups in total. The predicted octanol–water partition coefficient (Wildman–Crippen LogP) is 5.03. The lowest BCUT2D eigenvalue weighted by atomic mass is 10.1. The van der Waals surface area contributed by atoms with Crippen molar-refractivity contribution in [2.45, 2.75) is 44.6 Å². The maximum atomic E-state index is 13.9. The Balaban J connectivity index is 1.97. The molecule has 0 fully saturated rings. The summed E-state index contributed by atoms with van der Waals surface area (Å²) >= 11 is 3.34. The van der Waals surface area contributed by atoms with Crippen molar-refractivity contribution in [2.24, 2.45) is 0 Å². The highest BCUT2D eigenvalue weighted by atomic mass is 79.9. The van der Waals surface area contributed by atoms with E-state index in [2.05, 4.69) is 21.2 Å². The summed E-state index contributed by atoms with van der Waals surface area (Å²) in [6.07, 6.45) is 1.27. The van der Waals surface area contributed by atoms with E-state index in [1.54, 1.807) is 43.3 Å². The summed E-state index contributed by atoms with van der Waals surface area (Å²) in [7, 11) is -4.13. The fourth-order valence-corrected chi connectivity index (χ4v) is 5.78. The largest absolute Gasteiger partial charge is 0.494 e. The van der Waals surface area contributed by atoms with E-state index in [0.29, 0.717) is 31.0 Å². The quantitative estimate of drug-likeness (QED) is 0.270. The van der Waals surface area contributed by atoms with Gasteiger partial charge in [0, 0.05) is 17.6 Å². The van der Waals surface area contributed by atoms with Gasteiger partial charge in [-0.05, 0) is 80.8 Å². The van der Waals surface area contributed by atoms with E-state index in [1.165, 1.54) is 17.0 Å². The number of hydrogen-bond donors (Lipinski definition) is 1. The van der Waals surface area contributed by atoms with Crippen molar-refractivity contribution in [1.29, 1.82) is 0 Å². The van der Waals surface area contributed by atoms with Crippen LogP contribution in [0.5, 0.6) is 5.75 Å². The van der Waals surface area contributed by atoms with Crippen LogP contribution in [0.2, 0.25) is 0 Å². The van der Waals surface area contributed by atoms with Crippen LogP contribution >= 0.6 is 15.9 Å². The second-order valence-electron chi connectivity index (χ2n) is 9.18. The topological polar surface area (TPSA) is 96.0 Å². The lowest BCUT2D eigenvalue weighted by Crippen LogP contribution is -2.52. The van der Waals surface area contributed by atoms with Gasteiger partial charge in [0.25, 0.3) is 10.0 Å². The number of sulfonamides is 1. The number of rotatable bonds is 14. The summed E-state index contributed by atoms with van der Waals surface area (Å²) in [5.41, 5.74) is 1.32. The standard InChI is InChI=1S/C30H36BrN3O5S/c1-4-20-32-30(36)23(3)33(21-19-24-9-7-6-8-10-24)29(35)22-34(26-13-15-27(16-14-26)39-5-2)40(37,38)28-17-11-25(31)12-18-28/h6-18,23H,4-5,19-22H2,1-3H3,(H,32,36). The number of nitrogens with one attached hydrogen (secondary N) is 1. The third-order valence-corrected chi connectivity index (χ3v) is 8.63. The fourth-order valence-electron chi connectivity index (χ4n) is 4.10. The van der Waals surface area contributed by atoms with E-state index >= 15 is 0 Å². The molecule has 0 bridgehead atoms. The molecule has 0 radical (unpaired) electrons. The summed E-state index contributed by atoms with van der Waals surface area (Å²) in [6.45, 7) is 6.20. The minimum atomic E-state index is -4.13. The Bertz CT molecular complexity index is 1350. The predicted molar refractivity (Wildman–Crippen MR) is 161 cm³/mol. The summed E-state index contributed by atoms with van der Waals surface area (Å²) < 4.78 is 35.1. The van der Waals surface area contributed by atoms with Gasteiger partial charge in [-0.1, -0.05) is 53.2 Å². The smallest absolute Gasteiger partial charge is 0.264 e. The first-order valence-electron chi connectivity index (χ1n) is 13.3.